The summed E-state index contributed by atoms with van der Waals surface area (Å²) in [7, 11) is 1.70. The topological polar surface area (TPSA) is 87.5 Å². The Balaban J connectivity index is 2.46. The zero-order chi connectivity index (χ0) is 15.1. The number of hydrogen-bond donors (Lipinski definition) is 3. The van der Waals surface area contributed by atoms with Crippen molar-refractivity contribution >= 4 is 34.8 Å². The smallest absolute Gasteiger partial charge is 0.238 e. The van der Waals surface area contributed by atoms with Gasteiger partial charge in [0.25, 0.3) is 0 Å². The van der Waals surface area contributed by atoms with Gasteiger partial charge in [0.05, 0.1) is 23.8 Å². The van der Waals surface area contributed by atoms with Crippen LogP contribution in [0.2, 0.25) is 5.02 Å². The summed E-state index contributed by atoms with van der Waals surface area (Å²) in [6.07, 6.45) is 0. The average Bonchev–Trinajstić information content (AvgIpc) is 2.33. The second-order valence-electron chi connectivity index (χ2n) is 4.41. The van der Waals surface area contributed by atoms with Gasteiger partial charge in [-0.25, -0.2) is 0 Å². The van der Waals surface area contributed by atoms with Crippen LogP contribution in [0.4, 0.5) is 11.4 Å². The number of rotatable bonds is 6. The highest BCUT2D eigenvalue weighted by molar-refractivity contribution is 6.33. The normalized spacial score (nSPS) is 10.4. The summed E-state index contributed by atoms with van der Waals surface area (Å²) >= 11 is 5.80. The number of carbonyl (C=O) groups is 2. The molecule has 0 heterocycles. The molecule has 4 N–H and O–H groups in total. The largest absolute Gasteiger partial charge is 0.397 e. The summed E-state index contributed by atoms with van der Waals surface area (Å²) in [5.74, 6) is -0.336. The van der Waals surface area contributed by atoms with E-state index in [4.69, 9.17) is 17.3 Å². The minimum Gasteiger partial charge on any atom is -0.397 e. The molecular formula is C13H19ClN4O2. The van der Waals surface area contributed by atoms with E-state index >= 15 is 0 Å². The molecule has 0 aromatic heterocycles. The van der Waals surface area contributed by atoms with Gasteiger partial charge in [-0.05, 0) is 32.2 Å². The molecule has 0 saturated heterocycles. The van der Waals surface area contributed by atoms with Crippen molar-refractivity contribution in [1.82, 2.24) is 10.2 Å². The van der Waals surface area contributed by atoms with E-state index in [1.165, 1.54) is 0 Å². The fourth-order valence-corrected chi connectivity index (χ4v) is 1.74. The Kier molecular flexibility index (Phi) is 6.27. The van der Waals surface area contributed by atoms with E-state index in [2.05, 4.69) is 10.6 Å². The van der Waals surface area contributed by atoms with Crippen molar-refractivity contribution in [2.75, 3.05) is 37.7 Å². The fourth-order valence-electron chi connectivity index (χ4n) is 1.62. The number of carbonyl (C=O) groups excluding carboxylic acids is 2. The van der Waals surface area contributed by atoms with Crippen LogP contribution in [0.25, 0.3) is 0 Å². The van der Waals surface area contributed by atoms with Gasteiger partial charge >= 0.3 is 0 Å². The molecule has 0 spiro atoms. The van der Waals surface area contributed by atoms with Crippen LogP contribution in [0.3, 0.4) is 0 Å². The van der Waals surface area contributed by atoms with Crippen LogP contribution in [0, 0.1) is 0 Å². The van der Waals surface area contributed by atoms with Crippen LogP contribution in [-0.4, -0.2) is 43.4 Å². The maximum Gasteiger partial charge on any atom is 0.238 e. The van der Waals surface area contributed by atoms with E-state index in [0.29, 0.717) is 22.9 Å². The molecule has 0 unspecified atom stereocenters. The lowest BCUT2D eigenvalue weighted by Crippen LogP contribution is -2.38. The van der Waals surface area contributed by atoms with Gasteiger partial charge in [0.15, 0.2) is 0 Å². The van der Waals surface area contributed by atoms with Gasteiger partial charge in [-0.1, -0.05) is 11.6 Å². The number of nitrogens with two attached hydrogens (primary N) is 1. The lowest BCUT2D eigenvalue weighted by molar-refractivity contribution is -0.122. The van der Waals surface area contributed by atoms with Gasteiger partial charge in [-0.2, -0.15) is 0 Å². The van der Waals surface area contributed by atoms with Crippen LogP contribution < -0.4 is 16.4 Å². The molecule has 0 atom stereocenters. The third-order valence-electron chi connectivity index (χ3n) is 2.48. The maximum absolute atomic E-state index is 11.8. The van der Waals surface area contributed by atoms with Crippen LogP contribution in [-0.2, 0) is 9.59 Å². The quantitative estimate of drug-likeness (QED) is 0.682. The number of likely N-dealkylation sites (N-methyl/N-ethyl adjacent to an activating group) is 2. The molecule has 110 valence electrons. The monoisotopic (exact) mass is 298 g/mol. The van der Waals surface area contributed by atoms with E-state index in [1.54, 1.807) is 30.1 Å². The van der Waals surface area contributed by atoms with Gasteiger partial charge < -0.3 is 16.4 Å². The first-order valence-corrected chi connectivity index (χ1v) is 6.60. The summed E-state index contributed by atoms with van der Waals surface area (Å²) in [5, 5.41) is 5.81. The molecule has 1 rings (SSSR count). The van der Waals surface area contributed by atoms with E-state index < -0.39 is 0 Å². The van der Waals surface area contributed by atoms with Crippen LogP contribution in [0.15, 0.2) is 18.2 Å². The third-order valence-corrected chi connectivity index (χ3v) is 2.82. The maximum atomic E-state index is 11.8. The van der Waals surface area contributed by atoms with E-state index in [0.717, 1.165) is 0 Å². The molecule has 0 aliphatic carbocycles. The molecule has 1 aromatic carbocycles. The summed E-state index contributed by atoms with van der Waals surface area (Å²) in [6, 6.07) is 4.87. The molecule has 20 heavy (non-hydrogen) atoms. The fraction of sp³-hybridized carbons (Fsp3) is 0.385. The number of anilines is 2. The van der Waals surface area contributed by atoms with Gasteiger partial charge in [0.2, 0.25) is 11.8 Å². The van der Waals surface area contributed by atoms with Gasteiger partial charge in [0.1, 0.15) is 0 Å². The van der Waals surface area contributed by atoms with Crippen molar-refractivity contribution in [3.05, 3.63) is 23.2 Å². The first-order valence-electron chi connectivity index (χ1n) is 6.22. The minimum atomic E-state index is -0.224. The SMILES string of the molecule is CCNC(=O)CN(C)CC(=O)Nc1ccc(Cl)c(N)c1. The number of amides is 2. The number of nitrogens with one attached hydrogen (secondary N) is 2. The molecule has 0 bridgehead atoms. The summed E-state index contributed by atoms with van der Waals surface area (Å²) in [4.78, 5) is 24.8. The summed E-state index contributed by atoms with van der Waals surface area (Å²) < 4.78 is 0. The molecule has 0 aliphatic rings. The van der Waals surface area contributed by atoms with Crippen LogP contribution >= 0.6 is 11.6 Å². The zero-order valence-corrected chi connectivity index (χ0v) is 12.3. The van der Waals surface area contributed by atoms with E-state index in [9.17, 15) is 9.59 Å². The Hall–Kier alpha value is -1.79. The van der Waals surface area contributed by atoms with Crippen molar-refractivity contribution in [3.63, 3.8) is 0 Å². The molecule has 7 heteroatoms. The first-order chi connectivity index (χ1) is 9.42. The number of hydrogen-bond acceptors (Lipinski definition) is 4. The van der Waals surface area contributed by atoms with Gasteiger partial charge in [-0.3, -0.25) is 14.5 Å². The molecule has 1 aromatic rings. The Bertz CT molecular complexity index is 493. The second kappa shape index (κ2) is 7.72. The van der Waals surface area contributed by atoms with Gasteiger partial charge in [-0.15, -0.1) is 0 Å². The van der Waals surface area contributed by atoms with Crippen molar-refractivity contribution in [3.8, 4) is 0 Å². The highest BCUT2D eigenvalue weighted by Crippen LogP contribution is 2.22. The molecule has 2 amide bonds. The Labute approximate surface area is 123 Å². The molecule has 0 aliphatic heterocycles. The van der Waals surface area contributed by atoms with Crippen molar-refractivity contribution in [2.45, 2.75) is 6.92 Å². The number of nitrogen functional groups attached to an aromatic ring is 1. The summed E-state index contributed by atoms with van der Waals surface area (Å²) in [5.41, 5.74) is 6.63. The molecule has 0 saturated carbocycles. The van der Waals surface area contributed by atoms with Gasteiger partial charge in [0, 0.05) is 12.2 Å². The average molecular weight is 299 g/mol. The highest BCUT2D eigenvalue weighted by atomic mass is 35.5. The Morgan fingerprint density at radius 1 is 1.30 bits per heavy atom. The van der Waals surface area contributed by atoms with E-state index in [1.807, 2.05) is 6.92 Å². The predicted octanol–water partition coefficient (Wildman–Crippen LogP) is 0.929. The van der Waals surface area contributed by atoms with Crippen LogP contribution in [0.1, 0.15) is 6.92 Å². The molecule has 0 fully saturated rings. The standard InChI is InChI=1S/C13H19ClN4O2/c1-3-16-12(19)7-18(2)8-13(20)17-9-4-5-10(14)11(15)6-9/h4-6H,3,7-8,15H2,1-2H3,(H,16,19)(H,17,20). The van der Waals surface area contributed by atoms with Crippen molar-refractivity contribution in [2.24, 2.45) is 0 Å². The summed E-state index contributed by atoms with van der Waals surface area (Å²) in [6.45, 7) is 2.70. The zero-order valence-electron chi connectivity index (χ0n) is 11.6. The molecule has 0 radical (unpaired) electrons. The van der Waals surface area contributed by atoms with Crippen molar-refractivity contribution < 1.29 is 9.59 Å². The number of benzene rings is 1. The number of nitrogens with zero attached hydrogens (tertiary/aromatic N) is 1. The third kappa shape index (κ3) is 5.46. The first kappa shape index (κ1) is 16.3. The Morgan fingerprint density at radius 3 is 2.55 bits per heavy atom. The number of halogens is 1. The Morgan fingerprint density at radius 2 is 1.95 bits per heavy atom. The lowest BCUT2D eigenvalue weighted by Gasteiger charge is -2.15. The second-order valence-corrected chi connectivity index (χ2v) is 4.82. The van der Waals surface area contributed by atoms with Crippen LogP contribution in [0.5, 0.6) is 0 Å². The molecular weight excluding hydrogens is 280 g/mol. The lowest BCUT2D eigenvalue weighted by atomic mass is 10.3. The minimum absolute atomic E-state index is 0.111. The van der Waals surface area contributed by atoms with Crippen molar-refractivity contribution in [1.29, 1.82) is 0 Å². The highest BCUT2D eigenvalue weighted by Gasteiger charge is 2.10. The predicted molar refractivity (Wildman–Crippen MR) is 80.7 cm³/mol. The van der Waals surface area contributed by atoms with E-state index in [-0.39, 0.29) is 24.9 Å². The molecule has 6 nitrogen and oxygen atoms in total.